The number of carbonyl (C=O) groups is 1. The number of hydrogen-bond donors (Lipinski definition) is 1. The van der Waals surface area contributed by atoms with Gasteiger partial charge in [-0.3, -0.25) is 9.59 Å². The van der Waals surface area contributed by atoms with Crippen LogP contribution < -0.4 is 15.6 Å². The number of nitrogens with zero attached hydrogens (tertiary/aromatic N) is 2. The van der Waals surface area contributed by atoms with Gasteiger partial charge in [-0.2, -0.15) is 5.10 Å². The van der Waals surface area contributed by atoms with Gasteiger partial charge in [0.25, 0.3) is 11.5 Å². The van der Waals surface area contributed by atoms with E-state index < -0.39 is 17.0 Å². The van der Waals surface area contributed by atoms with Gasteiger partial charge >= 0.3 is 0 Å². The maximum absolute atomic E-state index is 13.2. The highest BCUT2D eigenvalue weighted by Gasteiger charge is 2.32. The SMILES string of the molecule is COc1ccccc1NC(=O)C(C)(C)n1nc(-c2ccc(F)cc2)ccc1=O. The van der Waals surface area contributed by atoms with Gasteiger partial charge in [-0.15, -0.1) is 0 Å². The maximum Gasteiger partial charge on any atom is 0.267 e. The predicted molar refractivity (Wildman–Crippen MR) is 105 cm³/mol. The fraction of sp³-hybridized carbons (Fsp3) is 0.190. The molecule has 1 heterocycles. The Morgan fingerprint density at radius 1 is 1.07 bits per heavy atom. The Bertz CT molecular complexity index is 1060. The molecule has 2 aromatic carbocycles. The first kappa shape index (κ1) is 19.3. The van der Waals surface area contributed by atoms with E-state index in [1.165, 1.54) is 25.3 Å². The largest absolute Gasteiger partial charge is 0.495 e. The molecule has 7 heteroatoms. The molecule has 3 rings (SSSR count). The molecule has 0 radical (unpaired) electrons. The van der Waals surface area contributed by atoms with Crippen LogP contribution in [-0.2, 0) is 10.3 Å². The number of carbonyl (C=O) groups excluding carboxylic acids is 1. The molecule has 1 aromatic heterocycles. The molecule has 0 unspecified atom stereocenters. The quantitative estimate of drug-likeness (QED) is 0.735. The molecule has 0 aliphatic carbocycles. The summed E-state index contributed by atoms with van der Waals surface area (Å²) in [5.41, 5.74) is -0.126. The number of aromatic nitrogens is 2. The summed E-state index contributed by atoms with van der Waals surface area (Å²) in [6.45, 7) is 3.20. The Kier molecular flexibility index (Phi) is 5.26. The highest BCUT2D eigenvalue weighted by Crippen LogP contribution is 2.25. The van der Waals surface area contributed by atoms with E-state index in [1.807, 2.05) is 0 Å². The van der Waals surface area contributed by atoms with E-state index in [0.29, 0.717) is 22.7 Å². The molecule has 3 aromatic rings. The summed E-state index contributed by atoms with van der Waals surface area (Å²) in [6, 6.07) is 15.6. The standard InChI is InChI=1S/C21H20FN3O3/c1-21(2,20(27)23-17-6-4-5-7-18(17)28-3)25-19(26)13-12-16(24-25)14-8-10-15(22)11-9-14/h4-13H,1-3H3,(H,23,27). The predicted octanol–water partition coefficient (Wildman–Crippen LogP) is 3.43. The lowest BCUT2D eigenvalue weighted by molar-refractivity contribution is -0.123. The Hall–Kier alpha value is -3.48. The van der Waals surface area contributed by atoms with E-state index in [0.717, 1.165) is 4.68 Å². The zero-order valence-corrected chi connectivity index (χ0v) is 15.8. The molecule has 0 saturated heterocycles. The second-order valence-corrected chi connectivity index (χ2v) is 6.69. The molecule has 0 aliphatic rings. The molecular formula is C21H20FN3O3. The second-order valence-electron chi connectivity index (χ2n) is 6.69. The van der Waals surface area contributed by atoms with Crippen LogP contribution in [0, 0.1) is 5.82 Å². The number of anilines is 1. The normalized spacial score (nSPS) is 11.1. The van der Waals surface area contributed by atoms with Crippen molar-refractivity contribution in [3.63, 3.8) is 0 Å². The number of ether oxygens (including phenoxy) is 1. The van der Waals surface area contributed by atoms with Crippen molar-refractivity contribution in [3.05, 3.63) is 76.8 Å². The number of rotatable bonds is 5. The highest BCUT2D eigenvalue weighted by atomic mass is 19.1. The first-order chi connectivity index (χ1) is 13.3. The van der Waals surface area contributed by atoms with Crippen LogP contribution in [0.3, 0.4) is 0 Å². The summed E-state index contributed by atoms with van der Waals surface area (Å²) < 4.78 is 19.5. The first-order valence-corrected chi connectivity index (χ1v) is 8.64. The molecule has 0 aliphatic heterocycles. The van der Waals surface area contributed by atoms with Crippen molar-refractivity contribution in [2.24, 2.45) is 0 Å². The summed E-state index contributed by atoms with van der Waals surface area (Å²) in [6.07, 6.45) is 0. The number of halogens is 1. The van der Waals surface area contributed by atoms with Gasteiger partial charge in [-0.05, 0) is 56.3 Å². The average Bonchev–Trinajstić information content (AvgIpc) is 2.69. The highest BCUT2D eigenvalue weighted by molar-refractivity contribution is 5.97. The van der Waals surface area contributed by atoms with Crippen LogP contribution >= 0.6 is 0 Å². The van der Waals surface area contributed by atoms with Gasteiger partial charge in [0.1, 0.15) is 17.1 Å². The second kappa shape index (κ2) is 7.64. The molecule has 0 saturated carbocycles. The number of methoxy groups -OCH3 is 1. The maximum atomic E-state index is 13.2. The average molecular weight is 381 g/mol. The van der Waals surface area contributed by atoms with Crippen LogP contribution in [0.25, 0.3) is 11.3 Å². The molecular weight excluding hydrogens is 361 g/mol. The smallest absolute Gasteiger partial charge is 0.267 e. The van der Waals surface area contributed by atoms with Crippen LogP contribution in [0.4, 0.5) is 10.1 Å². The summed E-state index contributed by atoms with van der Waals surface area (Å²) >= 11 is 0. The molecule has 0 atom stereocenters. The lowest BCUT2D eigenvalue weighted by atomic mass is 10.0. The number of hydrogen-bond acceptors (Lipinski definition) is 4. The Morgan fingerprint density at radius 2 is 1.75 bits per heavy atom. The third kappa shape index (κ3) is 3.78. The fourth-order valence-electron chi connectivity index (χ4n) is 2.71. The molecule has 144 valence electrons. The van der Waals surface area contributed by atoms with Crippen LogP contribution in [0.2, 0.25) is 0 Å². The van der Waals surface area contributed by atoms with Crippen molar-refractivity contribution >= 4 is 11.6 Å². The van der Waals surface area contributed by atoms with E-state index in [1.54, 1.807) is 56.3 Å². The van der Waals surface area contributed by atoms with Crippen LogP contribution in [0.15, 0.2) is 65.5 Å². The molecule has 1 amide bonds. The number of para-hydroxylation sites is 2. The Balaban J connectivity index is 1.96. The topological polar surface area (TPSA) is 73.2 Å². The van der Waals surface area contributed by atoms with E-state index in [4.69, 9.17) is 4.74 Å². The van der Waals surface area contributed by atoms with Crippen LogP contribution in [0.1, 0.15) is 13.8 Å². The molecule has 0 fully saturated rings. The van der Waals surface area contributed by atoms with Crippen molar-refractivity contribution in [1.29, 1.82) is 0 Å². The van der Waals surface area contributed by atoms with Crippen molar-refractivity contribution in [3.8, 4) is 17.0 Å². The zero-order valence-electron chi connectivity index (χ0n) is 15.8. The van der Waals surface area contributed by atoms with Crippen LogP contribution in [-0.4, -0.2) is 22.8 Å². The zero-order chi connectivity index (χ0) is 20.3. The van der Waals surface area contributed by atoms with Gasteiger partial charge < -0.3 is 10.1 Å². The van der Waals surface area contributed by atoms with Gasteiger partial charge in [-0.25, -0.2) is 9.07 Å². The van der Waals surface area contributed by atoms with Crippen LogP contribution in [0.5, 0.6) is 5.75 Å². The fourth-order valence-corrected chi connectivity index (χ4v) is 2.71. The van der Waals surface area contributed by atoms with Gasteiger partial charge in [-0.1, -0.05) is 12.1 Å². The van der Waals surface area contributed by atoms with E-state index in [9.17, 15) is 14.0 Å². The number of amides is 1. The third-order valence-corrected chi connectivity index (χ3v) is 4.38. The monoisotopic (exact) mass is 381 g/mol. The molecule has 1 N–H and O–H groups in total. The Morgan fingerprint density at radius 3 is 2.43 bits per heavy atom. The van der Waals surface area contributed by atoms with E-state index >= 15 is 0 Å². The summed E-state index contributed by atoms with van der Waals surface area (Å²) in [5, 5.41) is 7.12. The summed E-state index contributed by atoms with van der Waals surface area (Å²) in [4.78, 5) is 25.4. The first-order valence-electron chi connectivity index (χ1n) is 8.64. The lowest BCUT2D eigenvalue weighted by Crippen LogP contribution is -2.47. The van der Waals surface area contributed by atoms with Crippen molar-refractivity contribution in [2.75, 3.05) is 12.4 Å². The summed E-state index contributed by atoms with van der Waals surface area (Å²) in [5.74, 6) is -0.288. The third-order valence-electron chi connectivity index (χ3n) is 4.38. The lowest BCUT2D eigenvalue weighted by Gasteiger charge is -2.25. The van der Waals surface area contributed by atoms with Crippen molar-refractivity contribution < 1.29 is 13.9 Å². The van der Waals surface area contributed by atoms with E-state index in [-0.39, 0.29) is 5.82 Å². The molecule has 0 bridgehead atoms. The van der Waals surface area contributed by atoms with Gasteiger partial charge in [0.05, 0.1) is 18.5 Å². The minimum absolute atomic E-state index is 0.367. The number of nitrogens with one attached hydrogen (secondary N) is 1. The van der Waals surface area contributed by atoms with Crippen molar-refractivity contribution in [2.45, 2.75) is 19.4 Å². The minimum atomic E-state index is -1.28. The van der Waals surface area contributed by atoms with Gasteiger partial charge in [0.2, 0.25) is 0 Å². The van der Waals surface area contributed by atoms with Gasteiger partial charge in [0.15, 0.2) is 0 Å². The summed E-state index contributed by atoms with van der Waals surface area (Å²) in [7, 11) is 1.51. The van der Waals surface area contributed by atoms with E-state index in [2.05, 4.69) is 10.4 Å². The van der Waals surface area contributed by atoms with Crippen molar-refractivity contribution in [1.82, 2.24) is 9.78 Å². The molecule has 28 heavy (non-hydrogen) atoms. The number of benzene rings is 2. The molecule has 0 spiro atoms. The molecule has 6 nitrogen and oxygen atoms in total. The minimum Gasteiger partial charge on any atom is -0.495 e. The Labute approximate surface area is 161 Å². The van der Waals surface area contributed by atoms with Gasteiger partial charge in [0, 0.05) is 11.6 Å².